The molecule has 1 N–H and O–H groups in total. The Kier molecular flexibility index (Phi) is 3.19. The molecule has 2 aromatic heterocycles. The fourth-order valence-corrected chi connectivity index (χ4v) is 2.23. The molecule has 0 atom stereocenters. The minimum Gasteiger partial charge on any atom is -0.357 e. The van der Waals surface area contributed by atoms with Gasteiger partial charge in [0.25, 0.3) is 0 Å². The number of hydrogen-bond acceptors (Lipinski definition) is 4. The van der Waals surface area contributed by atoms with Gasteiger partial charge in [0.2, 0.25) is 0 Å². The number of hydrogen-bond donors (Lipinski definition) is 1. The van der Waals surface area contributed by atoms with Gasteiger partial charge in [-0.15, -0.1) is 11.3 Å². The van der Waals surface area contributed by atoms with Crippen molar-refractivity contribution in [2.45, 2.75) is 27.3 Å². The molecule has 2 aromatic rings. The van der Waals surface area contributed by atoms with Crippen molar-refractivity contribution in [1.29, 1.82) is 0 Å². The van der Waals surface area contributed by atoms with Crippen molar-refractivity contribution in [3.05, 3.63) is 40.2 Å². The van der Waals surface area contributed by atoms with Crippen LogP contribution in [0.4, 0.5) is 5.13 Å². The van der Waals surface area contributed by atoms with Gasteiger partial charge in [0.05, 0.1) is 5.69 Å². The molecule has 0 aliphatic rings. The highest BCUT2D eigenvalue weighted by Crippen LogP contribution is 2.21. The Hall–Kier alpha value is -1.42. The fraction of sp³-hybridized carbons (Fsp3) is 0.333. The minimum absolute atomic E-state index is 0.806. The average molecular weight is 233 g/mol. The number of thiazole rings is 1. The Bertz CT molecular complexity index is 471. The lowest BCUT2D eigenvalue weighted by Gasteiger charge is -2.05. The normalized spacial score (nSPS) is 10.4. The molecule has 84 valence electrons. The molecule has 0 aliphatic heterocycles. The number of nitrogens with one attached hydrogen (secondary N) is 1. The molecule has 0 aliphatic carbocycles. The molecule has 0 saturated heterocycles. The van der Waals surface area contributed by atoms with Gasteiger partial charge in [-0.3, -0.25) is 4.98 Å². The van der Waals surface area contributed by atoms with Crippen LogP contribution in [0.25, 0.3) is 0 Å². The van der Waals surface area contributed by atoms with Crippen LogP contribution in [0, 0.1) is 20.8 Å². The van der Waals surface area contributed by atoms with E-state index in [4.69, 9.17) is 0 Å². The van der Waals surface area contributed by atoms with Crippen LogP contribution >= 0.6 is 11.3 Å². The van der Waals surface area contributed by atoms with Crippen LogP contribution in [-0.4, -0.2) is 9.97 Å². The Morgan fingerprint density at radius 1 is 1.31 bits per heavy atom. The van der Waals surface area contributed by atoms with Gasteiger partial charge in [-0.1, -0.05) is 0 Å². The van der Waals surface area contributed by atoms with Crippen LogP contribution in [-0.2, 0) is 6.54 Å². The van der Waals surface area contributed by atoms with Crippen LogP contribution < -0.4 is 5.32 Å². The zero-order valence-corrected chi connectivity index (χ0v) is 10.6. The summed E-state index contributed by atoms with van der Waals surface area (Å²) in [6, 6.07) is 2.04. The average Bonchev–Trinajstić information content (AvgIpc) is 2.57. The maximum absolute atomic E-state index is 4.45. The monoisotopic (exact) mass is 233 g/mol. The standard InChI is InChI=1S/C12H15N3S/c1-8-6-13-5-4-11(8)7-14-12-15-9(2)10(3)16-12/h4-6H,7H2,1-3H3,(H,14,15). The molecule has 2 heterocycles. The number of anilines is 1. The Morgan fingerprint density at radius 3 is 2.75 bits per heavy atom. The lowest BCUT2D eigenvalue weighted by molar-refractivity contribution is 1.08. The van der Waals surface area contributed by atoms with E-state index in [0.29, 0.717) is 0 Å². The molecule has 0 spiro atoms. The first-order chi connectivity index (χ1) is 7.66. The lowest BCUT2D eigenvalue weighted by Crippen LogP contribution is -2.01. The number of nitrogens with zero attached hydrogens (tertiary/aromatic N) is 2. The number of aryl methyl sites for hydroxylation is 3. The summed E-state index contributed by atoms with van der Waals surface area (Å²) < 4.78 is 0. The van der Waals surface area contributed by atoms with Crippen LogP contribution in [0.15, 0.2) is 18.5 Å². The Balaban J connectivity index is 2.05. The van der Waals surface area contributed by atoms with Crippen molar-refractivity contribution in [3.63, 3.8) is 0 Å². The molecule has 0 radical (unpaired) electrons. The van der Waals surface area contributed by atoms with Gasteiger partial charge in [-0.25, -0.2) is 4.98 Å². The summed E-state index contributed by atoms with van der Waals surface area (Å²) in [5.41, 5.74) is 3.58. The van der Waals surface area contributed by atoms with Gasteiger partial charge in [0, 0.05) is 23.8 Å². The highest BCUT2D eigenvalue weighted by atomic mass is 32.1. The van der Waals surface area contributed by atoms with Crippen molar-refractivity contribution >= 4 is 16.5 Å². The van der Waals surface area contributed by atoms with Gasteiger partial charge < -0.3 is 5.32 Å². The van der Waals surface area contributed by atoms with Crippen molar-refractivity contribution < 1.29 is 0 Å². The van der Waals surface area contributed by atoms with E-state index in [9.17, 15) is 0 Å². The first kappa shape index (κ1) is 11.1. The van der Waals surface area contributed by atoms with Crippen LogP contribution in [0.5, 0.6) is 0 Å². The van der Waals surface area contributed by atoms with Crippen LogP contribution in [0.3, 0.4) is 0 Å². The first-order valence-electron chi connectivity index (χ1n) is 5.24. The SMILES string of the molecule is Cc1cnccc1CNc1nc(C)c(C)s1. The van der Waals surface area contributed by atoms with E-state index in [-0.39, 0.29) is 0 Å². The van der Waals surface area contributed by atoms with Crippen molar-refractivity contribution in [1.82, 2.24) is 9.97 Å². The summed E-state index contributed by atoms with van der Waals surface area (Å²) in [5.74, 6) is 0. The number of pyridine rings is 1. The number of rotatable bonds is 3. The van der Waals surface area contributed by atoms with Gasteiger partial charge in [0.15, 0.2) is 5.13 Å². The zero-order valence-electron chi connectivity index (χ0n) is 9.74. The van der Waals surface area contributed by atoms with Gasteiger partial charge in [-0.2, -0.15) is 0 Å². The van der Waals surface area contributed by atoms with Gasteiger partial charge >= 0.3 is 0 Å². The Morgan fingerprint density at radius 2 is 2.12 bits per heavy atom. The van der Waals surface area contributed by atoms with Crippen molar-refractivity contribution in [3.8, 4) is 0 Å². The van der Waals surface area contributed by atoms with E-state index in [1.165, 1.54) is 16.0 Å². The summed E-state index contributed by atoms with van der Waals surface area (Å²) in [4.78, 5) is 9.80. The minimum atomic E-state index is 0.806. The van der Waals surface area contributed by atoms with E-state index in [1.54, 1.807) is 11.3 Å². The third kappa shape index (κ3) is 2.39. The smallest absolute Gasteiger partial charge is 0.183 e. The predicted octanol–water partition coefficient (Wildman–Crippen LogP) is 3.08. The molecule has 0 aromatic carbocycles. The summed E-state index contributed by atoms with van der Waals surface area (Å²) >= 11 is 1.70. The maximum atomic E-state index is 4.45. The summed E-state index contributed by atoms with van der Waals surface area (Å²) in [6.07, 6.45) is 3.71. The van der Waals surface area contributed by atoms with E-state index in [2.05, 4.69) is 29.1 Å². The molecule has 0 unspecified atom stereocenters. The summed E-state index contributed by atoms with van der Waals surface area (Å²) in [5, 5.41) is 4.33. The molecule has 0 amide bonds. The molecule has 0 fully saturated rings. The highest BCUT2D eigenvalue weighted by Gasteiger charge is 2.03. The maximum Gasteiger partial charge on any atom is 0.183 e. The first-order valence-corrected chi connectivity index (χ1v) is 6.06. The second-order valence-electron chi connectivity index (χ2n) is 3.82. The second-order valence-corrected chi connectivity index (χ2v) is 5.02. The van der Waals surface area contributed by atoms with Crippen LogP contribution in [0.2, 0.25) is 0 Å². The Labute approximate surface area is 99.6 Å². The zero-order chi connectivity index (χ0) is 11.5. The van der Waals surface area contributed by atoms with Crippen molar-refractivity contribution in [2.24, 2.45) is 0 Å². The molecule has 0 bridgehead atoms. The molecule has 4 heteroatoms. The lowest BCUT2D eigenvalue weighted by atomic mass is 10.2. The molecular weight excluding hydrogens is 218 g/mol. The largest absolute Gasteiger partial charge is 0.357 e. The van der Waals surface area contributed by atoms with Gasteiger partial charge in [-0.05, 0) is 38.0 Å². The molecule has 0 saturated carbocycles. The van der Waals surface area contributed by atoms with Crippen LogP contribution in [0.1, 0.15) is 21.7 Å². The third-order valence-corrected chi connectivity index (χ3v) is 3.63. The van der Waals surface area contributed by atoms with E-state index >= 15 is 0 Å². The topological polar surface area (TPSA) is 37.8 Å². The molecule has 3 nitrogen and oxygen atoms in total. The quantitative estimate of drug-likeness (QED) is 0.885. The molecule has 2 rings (SSSR count). The van der Waals surface area contributed by atoms with E-state index in [0.717, 1.165) is 17.4 Å². The van der Waals surface area contributed by atoms with Gasteiger partial charge in [0.1, 0.15) is 0 Å². The van der Waals surface area contributed by atoms with E-state index in [1.807, 2.05) is 25.4 Å². The highest BCUT2D eigenvalue weighted by molar-refractivity contribution is 7.15. The molecular formula is C12H15N3S. The summed E-state index contributed by atoms with van der Waals surface area (Å²) in [6.45, 7) is 7.01. The van der Waals surface area contributed by atoms with Crippen molar-refractivity contribution in [2.75, 3.05) is 5.32 Å². The fourth-order valence-electron chi connectivity index (χ4n) is 1.42. The number of aromatic nitrogens is 2. The summed E-state index contributed by atoms with van der Waals surface area (Å²) in [7, 11) is 0. The van der Waals surface area contributed by atoms with E-state index < -0.39 is 0 Å². The third-order valence-electron chi connectivity index (χ3n) is 2.60. The predicted molar refractivity (Wildman–Crippen MR) is 67.9 cm³/mol. The second kappa shape index (κ2) is 4.61. The molecule has 16 heavy (non-hydrogen) atoms.